The third kappa shape index (κ3) is 3.89. The molecule has 0 unspecified atom stereocenters. The van der Waals surface area contributed by atoms with Gasteiger partial charge >= 0.3 is 0 Å². The number of carbonyl (C=O) groups excluding carboxylic acids is 1. The van der Waals surface area contributed by atoms with Gasteiger partial charge in [-0.05, 0) is 30.7 Å². The summed E-state index contributed by atoms with van der Waals surface area (Å²) in [6.07, 6.45) is 3.21. The third-order valence-electron chi connectivity index (χ3n) is 3.87. The van der Waals surface area contributed by atoms with E-state index in [0.29, 0.717) is 22.8 Å². The first-order chi connectivity index (χ1) is 12.4. The molecule has 0 spiro atoms. The van der Waals surface area contributed by atoms with Crippen LogP contribution in [0.2, 0.25) is 5.02 Å². The molecule has 0 aliphatic carbocycles. The fraction of sp³-hybridized carbons (Fsp3) is 0.111. The zero-order valence-electron chi connectivity index (χ0n) is 13.8. The molecule has 132 valence electrons. The number of amides is 1. The SMILES string of the molecule is Cc1c(C(=O)Nc2cnn(Cc3cccc(Cl)c3)c2)cccc1[N+](=O)[O-]. The van der Waals surface area contributed by atoms with Crippen LogP contribution in [0.15, 0.2) is 54.9 Å². The summed E-state index contributed by atoms with van der Waals surface area (Å²) in [7, 11) is 0. The Bertz CT molecular complexity index is 984. The van der Waals surface area contributed by atoms with Crippen molar-refractivity contribution in [3.05, 3.63) is 86.7 Å². The van der Waals surface area contributed by atoms with Crippen LogP contribution in [-0.2, 0) is 6.54 Å². The van der Waals surface area contributed by atoms with Gasteiger partial charge in [-0.15, -0.1) is 0 Å². The van der Waals surface area contributed by atoms with Gasteiger partial charge in [0.2, 0.25) is 0 Å². The van der Waals surface area contributed by atoms with Gasteiger partial charge in [-0.2, -0.15) is 5.10 Å². The Hall–Kier alpha value is -3.19. The molecule has 7 nitrogen and oxygen atoms in total. The smallest absolute Gasteiger partial charge is 0.273 e. The highest BCUT2D eigenvalue weighted by Gasteiger charge is 2.18. The number of aromatic nitrogens is 2. The number of nitro benzene ring substituents is 1. The Morgan fingerprint density at radius 1 is 1.31 bits per heavy atom. The predicted molar refractivity (Wildman–Crippen MR) is 98.6 cm³/mol. The van der Waals surface area contributed by atoms with Crippen LogP contribution in [-0.4, -0.2) is 20.6 Å². The van der Waals surface area contributed by atoms with E-state index in [-0.39, 0.29) is 11.3 Å². The zero-order valence-corrected chi connectivity index (χ0v) is 14.6. The Morgan fingerprint density at radius 3 is 2.81 bits per heavy atom. The van der Waals surface area contributed by atoms with Gasteiger partial charge in [0, 0.05) is 28.4 Å². The van der Waals surface area contributed by atoms with Crippen LogP contribution < -0.4 is 5.32 Å². The lowest BCUT2D eigenvalue weighted by Gasteiger charge is -2.06. The van der Waals surface area contributed by atoms with Gasteiger partial charge in [-0.25, -0.2) is 0 Å². The van der Waals surface area contributed by atoms with E-state index in [2.05, 4.69) is 10.4 Å². The van der Waals surface area contributed by atoms with E-state index in [1.807, 2.05) is 18.2 Å². The number of anilines is 1. The maximum Gasteiger partial charge on any atom is 0.273 e. The van der Waals surface area contributed by atoms with Crippen molar-refractivity contribution >= 4 is 28.9 Å². The van der Waals surface area contributed by atoms with Crippen LogP contribution in [0.3, 0.4) is 0 Å². The van der Waals surface area contributed by atoms with Crippen molar-refractivity contribution in [2.45, 2.75) is 13.5 Å². The topological polar surface area (TPSA) is 90.1 Å². The predicted octanol–water partition coefficient (Wildman–Crippen LogP) is 4.05. The molecular weight excluding hydrogens is 356 g/mol. The second kappa shape index (κ2) is 7.37. The van der Waals surface area contributed by atoms with Gasteiger partial charge < -0.3 is 5.32 Å². The van der Waals surface area contributed by atoms with Crippen molar-refractivity contribution in [3.63, 3.8) is 0 Å². The van der Waals surface area contributed by atoms with Crippen LogP contribution in [0.5, 0.6) is 0 Å². The summed E-state index contributed by atoms with van der Waals surface area (Å²) < 4.78 is 1.67. The normalized spacial score (nSPS) is 10.5. The third-order valence-corrected chi connectivity index (χ3v) is 4.11. The van der Waals surface area contributed by atoms with Gasteiger partial charge in [0.1, 0.15) is 0 Å². The monoisotopic (exact) mass is 370 g/mol. The summed E-state index contributed by atoms with van der Waals surface area (Å²) in [6.45, 7) is 2.06. The van der Waals surface area contributed by atoms with Gasteiger partial charge in [0.05, 0.1) is 23.4 Å². The molecule has 3 rings (SSSR count). The molecule has 8 heteroatoms. The first kappa shape index (κ1) is 17.6. The fourth-order valence-corrected chi connectivity index (χ4v) is 2.82. The highest BCUT2D eigenvalue weighted by molar-refractivity contribution is 6.30. The Balaban J connectivity index is 1.74. The average molecular weight is 371 g/mol. The average Bonchev–Trinajstić information content (AvgIpc) is 3.01. The minimum atomic E-state index is -0.505. The minimum Gasteiger partial charge on any atom is -0.319 e. The molecule has 1 heterocycles. The van der Waals surface area contributed by atoms with Crippen molar-refractivity contribution in [2.75, 3.05) is 5.32 Å². The van der Waals surface area contributed by atoms with Gasteiger partial charge in [0.15, 0.2) is 0 Å². The molecule has 0 atom stereocenters. The van der Waals surface area contributed by atoms with E-state index < -0.39 is 10.8 Å². The van der Waals surface area contributed by atoms with Gasteiger partial charge in [-0.1, -0.05) is 29.8 Å². The summed E-state index contributed by atoms with van der Waals surface area (Å²) >= 11 is 5.97. The number of hydrogen-bond donors (Lipinski definition) is 1. The van der Waals surface area contributed by atoms with Crippen molar-refractivity contribution in [1.29, 1.82) is 0 Å². The minimum absolute atomic E-state index is 0.0886. The first-order valence-electron chi connectivity index (χ1n) is 7.76. The van der Waals surface area contributed by atoms with Crippen LogP contribution in [0.4, 0.5) is 11.4 Å². The molecule has 0 saturated heterocycles. The number of carbonyl (C=O) groups is 1. The molecule has 0 aliphatic rings. The fourth-order valence-electron chi connectivity index (χ4n) is 2.60. The molecule has 0 bridgehead atoms. The number of halogens is 1. The Kier molecular flexibility index (Phi) is 4.99. The van der Waals surface area contributed by atoms with E-state index >= 15 is 0 Å². The van der Waals surface area contributed by atoms with Crippen molar-refractivity contribution in [3.8, 4) is 0 Å². The van der Waals surface area contributed by atoms with Gasteiger partial charge in [0.25, 0.3) is 11.6 Å². The van der Waals surface area contributed by atoms with Crippen molar-refractivity contribution < 1.29 is 9.72 Å². The molecule has 1 aromatic heterocycles. The van der Waals surface area contributed by atoms with Crippen LogP contribution in [0.1, 0.15) is 21.5 Å². The van der Waals surface area contributed by atoms with E-state index in [4.69, 9.17) is 11.6 Å². The van der Waals surface area contributed by atoms with Crippen LogP contribution in [0.25, 0.3) is 0 Å². The summed E-state index contributed by atoms with van der Waals surface area (Å²) in [5.41, 5.74) is 1.97. The highest BCUT2D eigenvalue weighted by Crippen LogP contribution is 2.22. The van der Waals surface area contributed by atoms with Crippen molar-refractivity contribution in [2.24, 2.45) is 0 Å². The summed E-state index contributed by atoms with van der Waals surface area (Å²) in [6, 6.07) is 11.8. The Morgan fingerprint density at radius 2 is 2.08 bits per heavy atom. The molecule has 0 saturated carbocycles. The summed E-state index contributed by atoms with van der Waals surface area (Å²) in [5, 5.41) is 18.6. The summed E-state index contributed by atoms with van der Waals surface area (Å²) in [5.74, 6) is -0.423. The Labute approximate surface area is 154 Å². The number of nitrogens with one attached hydrogen (secondary N) is 1. The van der Waals surface area contributed by atoms with E-state index in [0.717, 1.165) is 5.56 Å². The maximum absolute atomic E-state index is 12.4. The lowest BCUT2D eigenvalue weighted by molar-refractivity contribution is -0.385. The molecule has 1 N–H and O–H groups in total. The van der Waals surface area contributed by atoms with Crippen LogP contribution >= 0.6 is 11.6 Å². The molecule has 2 aromatic carbocycles. The quantitative estimate of drug-likeness (QED) is 0.541. The highest BCUT2D eigenvalue weighted by atomic mass is 35.5. The van der Waals surface area contributed by atoms with E-state index in [9.17, 15) is 14.9 Å². The molecule has 0 fully saturated rings. The van der Waals surface area contributed by atoms with E-state index in [1.165, 1.54) is 18.3 Å². The molecule has 0 radical (unpaired) electrons. The number of nitrogens with zero attached hydrogens (tertiary/aromatic N) is 3. The van der Waals surface area contributed by atoms with E-state index in [1.54, 1.807) is 29.9 Å². The molecule has 26 heavy (non-hydrogen) atoms. The molecule has 1 amide bonds. The second-order valence-corrected chi connectivity index (χ2v) is 6.15. The first-order valence-corrected chi connectivity index (χ1v) is 8.14. The second-order valence-electron chi connectivity index (χ2n) is 5.72. The van der Waals surface area contributed by atoms with Crippen molar-refractivity contribution in [1.82, 2.24) is 9.78 Å². The maximum atomic E-state index is 12.4. The molecule has 3 aromatic rings. The molecular formula is C18H15ClN4O3. The lowest BCUT2D eigenvalue weighted by atomic mass is 10.1. The number of benzene rings is 2. The standard InChI is InChI=1S/C18H15ClN4O3/c1-12-16(6-3-7-17(12)23(25)26)18(24)21-15-9-20-22(11-15)10-13-4-2-5-14(19)8-13/h2-9,11H,10H2,1H3,(H,21,24). The van der Waals surface area contributed by atoms with Gasteiger partial charge in [-0.3, -0.25) is 19.6 Å². The number of hydrogen-bond acceptors (Lipinski definition) is 4. The largest absolute Gasteiger partial charge is 0.319 e. The number of rotatable bonds is 5. The molecule has 0 aliphatic heterocycles. The van der Waals surface area contributed by atoms with Crippen LogP contribution in [0, 0.1) is 17.0 Å². The lowest BCUT2D eigenvalue weighted by Crippen LogP contribution is -2.13. The summed E-state index contributed by atoms with van der Waals surface area (Å²) in [4.78, 5) is 22.9. The number of nitro groups is 1. The zero-order chi connectivity index (χ0) is 18.7.